The molecule has 2 aromatic carbocycles. The molecule has 0 spiro atoms. The predicted molar refractivity (Wildman–Crippen MR) is 139 cm³/mol. The van der Waals surface area contributed by atoms with Crippen molar-refractivity contribution < 1.29 is 5.11 Å². The number of benzene rings is 2. The highest BCUT2D eigenvalue weighted by Gasteiger charge is 2.40. The number of thiophene rings is 1. The van der Waals surface area contributed by atoms with Gasteiger partial charge in [-0.2, -0.15) is 0 Å². The smallest absolute Gasteiger partial charge is 0.251 e. The molecule has 0 bridgehead atoms. The minimum absolute atomic E-state index is 0.149. The molecule has 172 valence electrons. The molecule has 3 aromatic heterocycles. The highest BCUT2D eigenvalue weighted by atomic mass is 35.5. The molecular weight excluding hydrogens is 511 g/mol. The van der Waals surface area contributed by atoms with E-state index in [4.69, 9.17) is 23.2 Å². The van der Waals surface area contributed by atoms with E-state index in [-0.39, 0.29) is 5.56 Å². The summed E-state index contributed by atoms with van der Waals surface area (Å²) in [4.78, 5) is 13.3. The fraction of sp³-hybridized carbons (Fsp3) is 0.125. The molecule has 0 aliphatic carbocycles. The van der Waals surface area contributed by atoms with Gasteiger partial charge in [0, 0.05) is 30.6 Å². The van der Waals surface area contributed by atoms with Crippen LogP contribution in [0.1, 0.15) is 16.3 Å². The van der Waals surface area contributed by atoms with E-state index in [9.17, 15) is 9.90 Å². The average Bonchev–Trinajstić information content (AvgIpc) is 3.41. The van der Waals surface area contributed by atoms with Gasteiger partial charge in [-0.25, -0.2) is 0 Å². The number of fused-ring (bicyclic) bond motifs is 1. The quantitative estimate of drug-likeness (QED) is 0.311. The van der Waals surface area contributed by atoms with Gasteiger partial charge in [-0.3, -0.25) is 4.79 Å². The summed E-state index contributed by atoms with van der Waals surface area (Å²) in [6, 6.07) is 17.9. The van der Waals surface area contributed by atoms with Crippen LogP contribution in [-0.2, 0) is 19.7 Å². The molecule has 0 aliphatic heterocycles. The number of aliphatic hydroxyl groups is 1. The average molecular weight is 529 g/mol. The Hall–Kier alpha value is -2.62. The number of nitrogens with zero attached hydrogens (tertiary/aromatic N) is 4. The summed E-state index contributed by atoms with van der Waals surface area (Å²) in [5.74, 6) is 0.296. The first-order valence-electron chi connectivity index (χ1n) is 10.2. The topological polar surface area (TPSA) is 72.9 Å². The summed E-state index contributed by atoms with van der Waals surface area (Å²) in [6.07, 6.45) is 0. The van der Waals surface area contributed by atoms with Crippen molar-refractivity contribution in [3.05, 3.63) is 96.6 Å². The molecular formula is C24H18Cl2N4O2S2. The lowest BCUT2D eigenvalue weighted by Crippen LogP contribution is -2.31. The fourth-order valence-corrected chi connectivity index (χ4v) is 5.59. The Morgan fingerprint density at radius 1 is 1.00 bits per heavy atom. The van der Waals surface area contributed by atoms with Gasteiger partial charge < -0.3 is 14.2 Å². The maximum Gasteiger partial charge on any atom is 0.251 e. The van der Waals surface area contributed by atoms with E-state index in [1.165, 1.54) is 11.3 Å². The summed E-state index contributed by atoms with van der Waals surface area (Å²) >= 11 is 18.1. The fourth-order valence-electron chi connectivity index (χ4n) is 4.11. The highest BCUT2D eigenvalue weighted by Crippen LogP contribution is 2.42. The number of halogens is 2. The van der Waals surface area contributed by atoms with Crippen LogP contribution in [0.5, 0.6) is 0 Å². The van der Waals surface area contributed by atoms with Crippen LogP contribution in [0.2, 0.25) is 9.36 Å². The van der Waals surface area contributed by atoms with Gasteiger partial charge in [0.15, 0.2) is 16.6 Å². The van der Waals surface area contributed by atoms with Crippen molar-refractivity contribution >= 4 is 58.1 Å². The summed E-state index contributed by atoms with van der Waals surface area (Å²) in [7, 11) is 3.45. The lowest BCUT2D eigenvalue weighted by molar-refractivity contribution is 0.115. The van der Waals surface area contributed by atoms with Crippen molar-refractivity contribution in [2.75, 3.05) is 0 Å². The van der Waals surface area contributed by atoms with E-state index in [0.29, 0.717) is 41.9 Å². The van der Waals surface area contributed by atoms with Gasteiger partial charge >= 0.3 is 0 Å². The third kappa shape index (κ3) is 3.66. The predicted octanol–water partition coefficient (Wildman–Crippen LogP) is 5.28. The van der Waals surface area contributed by atoms with Crippen LogP contribution < -0.4 is 5.56 Å². The standard InChI is InChI=1S/C24H18Cl2N4O2S2/c1-29-18-7-6-14(11-17(18)16(12-21(29)31)13-4-3-5-15(25)10-13)24(32,19-8-9-20(26)34-19)22-27-28-23(33)30(22)2/h3-12,32H,1-2H3,(H,28,33). The first kappa shape index (κ1) is 23.1. The molecule has 0 amide bonds. The van der Waals surface area contributed by atoms with E-state index in [1.807, 2.05) is 30.3 Å². The van der Waals surface area contributed by atoms with Crippen molar-refractivity contribution in [1.82, 2.24) is 19.3 Å². The van der Waals surface area contributed by atoms with Crippen molar-refractivity contribution in [3.8, 4) is 11.1 Å². The van der Waals surface area contributed by atoms with E-state index < -0.39 is 5.60 Å². The number of pyridine rings is 1. The first-order valence-corrected chi connectivity index (χ1v) is 12.2. The number of thiol groups is 1. The molecule has 1 atom stereocenters. The second-order valence-electron chi connectivity index (χ2n) is 7.89. The molecule has 0 saturated carbocycles. The zero-order chi connectivity index (χ0) is 24.2. The molecule has 3 heterocycles. The molecule has 1 N–H and O–H groups in total. The molecule has 6 nitrogen and oxygen atoms in total. The van der Waals surface area contributed by atoms with Gasteiger partial charge in [0.1, 0.15) is 0 Å². The molecule has 0 saturated heterocycles. The zero-order valence-electron chi connectivity index (χ0n) is 18.0. The minimum atomic E-state index is -1.66. The molecule has 34 heavy (non-hydrogen) atoms. The number of hydrogen-bond donors (Lipinski definition) is 2. The van der Waals surface area contributed by atoms with Crippen molar-refractivity contribution in [2.45, 2.75) is 10.8 Å². The Balaban J connectivity index is 1.85. The summed E-state index contributed by atoms with van der Waals surface area (Å²) in [5, 5.41) is 22.2. The largest absolute Gasteiger partial charge is 0.372 e. The lowest BCUT2D eigenvalue weighted by atomic mass is 9.88. The van der Waals surface area contributed by atoms with Gasteiger partial charge in [0.25, 0.3) is 5.56 Å². The molecule has 0 radical (unpaired) electrons. The molecule has 10 heteroatoms. The molecule has 1 unspecified atom stereocenters. The first-order chi connectivity index (χ1) is 16.2. The Bertz CT molecular complexity index is 1630. The summed E-state index contributed by atoms with van der Waals surface area (Å²) in [5.41, 5.74) is 0.960. The van der Waals surface area contributed by atoms with Gasteiger partial charge in [-0.15, -0.1) is 34.2 Å². The second kappa shape index (κ2) is 8.55. The molecule has 5 aromatic rings. The van der Waals surface area contributed by atoms with Gasteiger partial charge in [-0.05, 0) is 53.1 Å². The van der Waals surface area contributed by atoms with Crippen LogP contribution in [0.4, 0.5) is 0 Å². The Kier molecular flexibility index (Phi) is 5.82. The van der Waals surface area contributed by atoms with Crippen LogP contribution in [0, 0.1) is 0 Å². The van der Waals surface area contributed by atoms with Crippen LogP contribution in [0.3, 0.4) is 0 Å². The van der Waals surface area contributed by atoms with Gasteiger partial charge in [-0.1, -0.05) is 41.4 Å². The van der Waals surface area contributed by atoms with Crippen LogP contribution >= 0.6 is 47.2 Å². The monoisotopic (exact) mass is 528 g/mol. The molecule has 0 aliphatic rings. The highest BCUT2D eigenvalue weighted by molar-refractivity contribution is 7.80. The number of hydrogen-bond acceptors (Lipinski definition) is 6. The van der Waals surface area contributed by atoms with Gasteiger partial charge in [0.05, 0.1) is 14.7 Å². The van der Waals surface area contributed by atoms with E-state index >= 15 is 0 Å². The van der Waals surface area contributed by atoms with E-state index in [0.717, 1.165) is 10.9 Å². The third-order valence-electron chi connectivity index (χ3n) is 5.91. The summed E-state index contributed by atoms with van der Waals surface area (Å²) < 4.78 is 3.73. The Morgan fingerprint density at radius 3 is 2.44 bits per heavy atom. The number of aromatic nitrogens is 4. The molecule has 0 fully saturated rings. The van der Waals surface area contributed by atoms with Crippen LogP contribution in [0.25, 0.3) is 22.0 Å². The maximum absolute atomic E-state index is 12.7. The third-order valence-corrected chi connectivity index (χ3v) is 7.87. The second-order valence-corrected chi connectivity index (χ2v) is 10.4. The number of aryl methyl sites for hydroxylation is 1. The normalized spacial score (nSPS) is 13.4. The van der Waals surface area contributed by atoms with E-state index in [1.54, 1.807) is 53.6 Å². The molecule has 5 rings (SSSR count). The SMILES string of the molecule is Cn1c(S)nnc1C(O)(c1ccc2c(c1)c(-c1cccc(Cl)c1)cc(=O)n2C)c1ccc(Cl)s1. The Labute approximate surface area is 214 Å². The van der Waals surface area contributed by atoms with Gasteiger partial charge in [0.2, 0.25) is 0 Å². The van der Waals surface area contributed by atoms with E-state index in [2.05, 4.69) is 22.8 Å². The van der Waals surface area contributed by atoms with Crippen molar-refractivity contribution in [2.24, 2.45) is 14.1 Å². The van der Waals surface area contributed by atoms with Crippen molar-refractivity contribution in [1.29, 1.82) is 0 Å². The van der Waals surface area contributed by atoms with Crippen molar-refractivity contribution in [3.63, 3.8) is 0 Å². The lowest BCUT2D eigenvalue weighted by Gasteiger charge is -2.27. The number of rotatable bonds is 4. The van der Waals surface area contributed by atoms with Crippen LogP contribution in [-0.4, -0.2) is 24.4 Å². The van der Waals surface area contributed by atoms with Crippen LogP contribution in [0.15, 0.2) is 70.6 Å². The maximum atomic E-state index is 12.7. The zero-order valence-corrected chi connectivity index (χ0v) is 21.3. The summed E-state index contributed by atoms with van der Waals surface area (Å²) in [6.45, 7) is 0. The Morgan fingerprint density at radius 2 is 1.79 bits per heavy atom. The minimum Gasteiger partial charge on any atom is -0.372 e.